The molecular weight excluding hydrogens is 467 g/mol. The predicted molar refractivity (Wildman–Crippen MR) is 121 cm³/mol. The molecule has 30 heavy (non-hydrogen) atoms. The average Bonchev–Trinajstić information content (AvgIpc) is 3.17. The molecule has 0 bridgehead atoms. The fraction of sp³-hybridized carbons (Fsp3) is 0.526. The summed E-state index contributed by atoms with van der Waals surface area (Å²) in [5.74, 6) is 0.833. The van der Waals surface area contributed by atoms with E-state index in [4.69, 9.17) is 23.2 Å². The summed E-state index contributed by atoms with van der Waals surface area (Å²) in [4.78, 5) is 12.6. The van der Waals surface area contributed by atoms with Crippen LogP contribution in [0.2, 0.25) is 10.0 Å². The standard InChI is InChI=1S/C19H24Cl2N4O3S2/c1-11(2)9-25-17(15-5-4-13(20)8-16(15)21)23-24-19(25)29-12(3)18(26)22-14-6-7-30(27,28)10-14/h4-5,8,11-12,14H,6-7,9-10H2,1-3H3,(H,22,26). The van der Waals surface area contributed by atoms with Gasteiger partial charge < -0.3 is 9.88 Å². The maximum absolute atomic E-state index is 12.6. The van der Waals surface area contributed by atoms with E-state index in [1.165, 1.54) is 11.8 Å². The summed E-state index contributed by atoms with van der Waals surface area (Å²) in [6.07, 6.45) is 0.453. The summed E-state index contributed by atoms with van der Waals surface area (Å²) in [5, 5.41) is 12.6. The Morgan fingerprint density at radius 3 is 2.63 bits per heavy atom. The van der Waals surface area contributed by atoms with Gasteiger partial charge in [0, 0.05) is 23.2 Å². The highest BCUT2D eigenvalue weighted by atomic mass is 35.5. The molecule has 7 nitrogen and oxygen atoms in total. The molecule has 2 atom stereocenters. The van der Waals surface area contributed by atoms with E-state index in [0.29, 0.717) is 45.5 Å². The number of nitrogens with one attached hydrogen (secondary N) is 1. The quantitative estimate of drug-likeness (QED) is 0.594. The number of carbonyl (C=O) groups is 1. The van der Waals surface area contributed by atoms with Crippen LogP contribution in [0.4, 0.5) is 0 Å². The first-order chi connectivity index (χ1) is 14.1. The highest BCUT2D eigenvalue weighted by Crippen LogP contribution is 2.33. The highest BCUT2D eigenvalue weighted by Gasteiger charge is 2.30. The number of rotatable bonds is 7. The van der Waals surface area contributed by atoms with Gasteiger partial charge in [-0.3, -0.25) is 4.79 Å². The van der Waals surface area contributed by atoms with E-state index in [1.807, 2.05) is 4.57 Å². The molecule has 1 aliphatic heterocycles. The van der Waals surface area contributed by atoms with Gasteiger partial charge in [0.15, 0.2) is 20.8 Å². The number of sulfone groups is 1. The van der Waals surface area contributed by atoms with Crippen LogP contribution >= 0.6 is 35.0 Å². The van der Waals surface area contributed by atoms with E-state index < -0.39 is 15.1 Å². The SMILES string of the molecule is CC(C)Cn1c(SC(C)C(=O)NC2CCS(=O)(=O)C2)nnc1-c1ccc(Cl)cc1Cl. The van der Waals surface area contributed by atoms with Gasteiger partial charge in [-0.25, -0.2) is 8.42 Å². The second kappa shape index (κ2) is 9.46. The second-order valence-corrected chi connectivity index (χ2v) is 12.2. The largest absolute Gasteiger partial charge is 0.351 e. The molecule has 0 aliphatic carbocycles. The zero-order valence-electron chi connectivity index (χ0n) is 16.9. The molecule has 1 aromatic carbocycles. The first-order valence-corrected chi connectivity index (χ1v) is 13.1. The number of thioether (sulfide) groups is 1. The van der Waals surface area contributed by atoms with Crippen molar-refractivity contribution < 1.29 is 13.2 Å². The van der Waals surface area contributed by atoms with Crippen LogP contribution in [0.25, 0.3) is 11.4 Å². The molecule has 164 valence electrons. The molecule has 1 aromatic heterocycles. The smallest absolute Gasteiger partial charge is 0.233 e. The van der Waals surface area contributed by atoms with Crippen LogP contribution in [0.3, 0.4) is 0 Å². The van der Waals surface area contributed by atoms with Gasteiger partial charge in [0.2, 0.25) is 5.91 Å². The minimum atomic E-state index is -3.05. The minimum absolute atomic E-state index is 0.00112. The predicted octanol–water partition coefficient (Wildman–Crippen LogP) is 3.69. The summed E-state index contributed by atoms with van der Waals surface area (Å²) < 4.78 is 25.2. The Balaban J connectivity index is 1.79. The molecule has 1 fully saturated rings. The number of benzene rings is 1. The third-order valence-corrected chi connectivity index (χ3v) is 8.06. The first kappa shape index (κ1) is 23.4. The number of aromatic nitrogens is 3. The first-order valence-electron chi connectivity index (χ1n) is 9.62. The molecule has 1 N–H and O–H groups in total. The van der Waals surface area contributed by atoms with E-state index in [2.05, 4.69) is 29.4 Å². The lowest BCUT2D eigenvalue weighted by Gasteiger charge is -2.17. The Bertz CT molecular complexity index is 1040. The van der Waals surface area contributed by atoms with Crippen LogP contribution in [0.15, 0.2) is 23.4 Å². The topological polar surface area (TPSA) is 94.0 Å². The molecule has 0 saturated carbocycles. The normalized spacial score (nSPS) is 19.2. The van der Waals surface area contributed by atoms with Crippen molar-refractivity contribution in [2.75, 3.05) is 11.5 Å². The molecule has 2 unspecified atom stereocenters. The van der Waals surface area contributed by atoms with Gasteiger partial charge in [-0.1, -0.05) is 48.8 Å². The Labute approximate surface area is 190 Å². The maximum atomic E-state index is 12.6. The number of halogens is 2. The molecule has 1 aliphatic rings. The summed E-state index contributed by atoms with van der Waals surface area (Å²) in [6, 6.07) is 4.88. The average molecular weight is 491 g/mol. The zero-order valence-corrected chi connectivity index (χ0v) is 20.1. The molecule has 3 rings (SSSR count). The fourth-order valence-electron chi connectivity index (χ4n) is 3.21. The lowest BCUT2D eigenvalue weighted by molar-refractivity contribution is -0.120. The van der Waals surface area contributed by atoms with Crippen LogP contribution in [-0.4, -0.2) is 51.9 Å². The van der Waals surface area contributed by atoms with Crippen LogP contribution in [0.5, 0.6) is 0 Å². The van der Waals surface area contributed by atoms with Crippen molar-refractivity contribution in [2.45, 2.75) is 50.2 Å². The van der Waals surface area contributed by atoms with Crippen molar-refractivity contribution in [1.29, 1.82) is 0 Å². The molecule has 2 aromatic rings. The molecule has 11 heteroatoms. The van der Waals surface area contributed by atoms with Crippen molar-refractivity contribution in [3.63, 3.8) is 0 Å². The molecule has 2 heterocycles. The fourth-order valence-corrected chi connectivity index (χ4v) is 6.25. The molecule has 0 spiro atoms. The van der Waals surface area contributed by atoms with E-state index in [0.717, 1.165) is 0 Å². The lowest BCUT2D eigenvalue weighted by atomic mass is 10.2. The zero-order chi connectivity index (χ0) is 22.1. The van der Waals surface area contributed by atoms with E-state index in [1.54, 1.807) is 25.1 Å². The minimum Gasteiger partial charge on any atom is -0.351 e. The van der Waals surface area contributed by atoms with E-state index >= 15 is 0 Å². The number of carbonyl (C=O) groups excluding carboxylic acids is 1. The van der Waals surface area contributed by atoms with Gasteiger partial charge in [0.05, 0.1) is 21.8 Å². The molecule has 0 radical (unpaired) electrons. The van der Waals surface area contributed by atoms with Gasteiger partial charge in [-0.2, -0.15) is 0 Å². The number of nitrogens with zero attached hydrogens (tertiary/aromatic N) is 3. The Hall–Kier alpha value is -1.29. The number of hydrogen-bond donors (Lipinski definition) is 1. The summed E-state index contributed by atoms with van der Waals surface area (Å²) in [5.41, 5.74) is 0.717. The summed E-state index contributed by atoms with van der Waals surface area (Å²) in [6.45, 7) is 6.59. The van der Waals surface area contributed by atoms with E-state index in [9.17, 15) is 13.2 Å². The van der Waals surface area contributed by atoms with Crippen LogP contribution < -0.4 is 5.32 Å². The Morgan fingerprint density at radius 1 is 1.30 bits per heavy atom. The van der Waals surface area contributed by atoms with Crippen LogP contribution in [-0.2, 0) is 21.2 Å². The lowest BCUT2D eigenvalue weighted by Crippen LogP contribution is -2.40. The van der Waals surface area contributed by atoms with Crippen LogP contribution in [0, 0.1) is 5.92 Å². The maximum Gasteiger partial charge on any atom is 0.233 e. The van der Waals surface area contributed by atoms with Gasteiger partial charge in [-0.05, 0) is 37.5 Å². The summed E-state index contributed by atoms with van der Waals surface area (Å²) >= 11 is 13.7. The van der Waals surface area contributed by atoms with Crippen molar-refractivity contribution >= 4 is 50.7 Å². The molecule has 1 amide bonds. The van der Waals surface area contributed by atoms with E-state index in [-0.39, 0.29) is 23.5 Å². The molecule has 1 saturated heterocycles. The van der Waals surface area contributed by atoms with Gasteiger partial charge in [-0.15, -0.1) is 10.2 Å². The van der Waals surface area contributed by atoms with Gasteiger partial charge in [0.25, 0.3) is 0 Å². The Kier molecular flexibility index (Phi) is 7.37. The second-order valence-electron chi connectivity index (χ2n) is 7.80. The van der Waals surface area contributed by atoms with Gasteiger partial charge in [0.1, 0.15) is 0 Å². The summed E-state index contributed by atoms with van der Waals surface area (Å²) in [7, 11) is -3.05. The van der Waals surface area contributed by atoms with Gasteiger partial charge >= 0.3 is 0 Å². The van der Waals surface area contributed by atoms with Crippen molar-refractivity contribution in [3.05, 3.63) is 28.2 Å². The van der Waals surface area contributed by atoms with Crippen LogP contribution in [0.1, 0.15) is 27.2 Å². The monoisotopic (exact) mass is 490 g/mol. The van der Waals surface area contributed by atoms with Crippen molar-refractivity contribution in [1.82, 2.24) is 20.1 Å². The number of amides is 1. The third kappa shape index (κ3) is 5.69. The van der Waals surface area contributed by atoms with Crippen molar-refractivity contribution in [2.24, 2.45) is 5.92 Å². The number of hydrogen-bond acceptors (Lipinski definition) is 6. The highest BCUT2D eigenvalue weighted by molar-refractivity contribution is 8.00. The third-order valence-electron chi connectivity index (χ3n) is 4.67. The molecular formula is C19H24Cl2N4O3S2. The Morgan fingerprint density at radius 2 is 2.03 bits per heavy atom. The van der Waals surface area contributed by atoms with Crippen molar-refractivity contribution in [3.8, 4) is 11.4 Å².